The predicted molar refractivity (Wildman–Crippen MR) is 96.4 cm³/mol. The SMILES string of the molecule is Cc1cccc2c(=O)n(CC(=O)N[C@@H]3C[C@@H]3c3cccc(F)c3)cnc12. The molecule has 26 heavy (non-hydrogen) atoms. The normalized spacial score (nSPS) is 18.7. The third-order valence-corrected chi connectivity index (χ3v) is 4.78. The minimum atomic E-state index is -0.274. The number of aryl methyl sites for hydroxylation is 1. The van der Waals surface area contributed by atoms with Crippen molar-refractivity contribution in [2.24, 2.45) is 0 Å². The number of hydrogen-bond acceptors (Lipinski definition) is 3. The van der Waals surface area contributed by atoms with Crippen LogP contribution in [-0.4, -0.2) is 21.5 Å². The van der Waals surface area contributed by atoms with Crippen molar-refractivity contribution < 1.29 is 9.18 Å². The molecule has 1 aliphatic rings. The highest BCUT2D eigenvalue weighted by atomic mass is 19.1. The van der Waals surface area contributed by atoms with Gasteiger partial charge in [0.05, 0.1) is 17.2 Å². The molecular weight excluding hydrogens is 333 g/mol. The Hall–Kier alpha value is -3.02. The van der Waals surface area contributed by atoms with E-state index in [9.17, 15) is 14.0 Å². The van der Waals surface area contributed by atoms with E-state index >= 15 is 0 Å². The van der Waals surface area contributed by atoms with Gasteiger partial charge in [0.2, 0.25) is 5.91 Å². The Labute approximate surface area is 149 Å². The van der Waals surface area contributed by atoms with Crippen LogP contribution in [0.5, 0.6) is 0 Å². The van der Waals surface area contributed by atoms with Crippen LogP contribution in [0.2, 0.25) is 0 Å². The van der Waals surface area contributed by atoms with Gasteiger partial charge in [-0.15, -0.1) is 0 Å². The lowest BCUT2D eigenvalue weighted by Gasteiger charge is -2.09. The summed E-state index contributed by atoms with van der Waals surface area (Å²) in [5, 5.41) is 3.41. The Morgan fingerprint density at radius 2 is 2.12 bits per heavy atom. The number of nitrogens with zero attached hydrogens (tertiary/aromatic N) is 2. The first-order chi connectivity index (χ1) is 12.5. The Morgan fingerprint density at radius 3 is 2.92 bits per heavy atom. The van der Waals surface area contributed by atoms with Gasteiger partial charge in [0, 0.05) is 12.0 Å². The maximum absolute atomic E-state index is 13.3. The number of nitrogens with one attached hydrogen (secondary N) is 1. The second-order valence-corrected chi connectivity index (χ2v) is 6.72. The molecule has 1 aromatic heterocycles. The number of carbonyl (C=O) groups is 1. The summed E-state index contributed by atoms with van der Waals surface area (Å²) in [6.45, 7) is 1.81. The first kappa shape index (κ1) is 16.4. The van der Waals surface area contributed by atoms with Crippen LogP contribution in [0.1, 0.15) is 23.5 Å². The average molecular weight is 351 g/mol. The van der Waals surface area contributed by atoms with E-state index in [0.717, 1.165) is 17.5 Å². The smallest absolute Gasteiger partial charge is 0.261 e. The maximum Gasteiger partial charge on any atom is 0.261 e. The lowest BCUT2D eigenvalue weighted by Crippen LogP contribution is -2.34. The van der Waals surface area contributed by atoms with Crippen molar-refractivity contribution in [2.45, 2.75) is 31.8 Å². The molecular formula is C20H18FN3O2. The number of aromatic nitrogens is 2. The summed E-state index contributed by atoms with van der Waals surface area (Å²) in [5.41, 5.74) is 2.23. The minimum Gasteiger partial charge on any atom is -0.351 e. The van der Waals surface area contributed by atoms with Gasteiger partial charge in [-0.2, -0.15) is 0 Å². The van der Waals surface area contributed by atoms with Gasteiger partial charge in [-0.25, -0.2) is 9.37 Å². The Kier molecular flexibility index (Phi) is 4.03. The summed E-state index contributed by atoms with van der Waals surface area (Å²) >= 11 is 0. The van der Waals surface area contributed by atoms with Gasteiger partial charge < -0.3 is 5.32 Å². The standard InChI is InChI=1S/C20H18FN3O2/c1-12-4-2-7-15-19(12)22-11-24(20(15)26)10-18(25)23-17-9-16(17)13-5-3-6-14(21)8-13/h2-8,11,16-17H,9-10H2,1H3,(H,23,25)/t16-,17-/m1/s1. The molecule has 2 atom stereocenters. The summed E-state index contributed by atoms with van der Waals surface area (Å²) in [5.74, 6) is -0.392. The molecule has 0 saturated heterocycles. The van der Waals surface area contributed by atoms with Gasteiger partial charge in [0.25, 0.3) is 5.56 Å². The molecule has 0 radical (unpaired) electrons. The minimum absolute atomic E-state index is 0.0179. The molecule has 2 aromatic carbocycles. The molecule has 1 aliphatic carbocycles. The van der Waals surface area contributed by atoms with Gasteiger partial charge in [-0.1, -0.05) is 24.3 Å². The number of carbonyl (C=O) groups excluding carboxylic acids is 1. The highest BCUT2D eigenvalue weighted by Gasteiger charge is 2.39. The summed E-state index contributed by atoms with van der Waals surface area (Å²) in [6, 6.07) is 11.8. The van der Waals surface area contributed by atoms with Crippen LogP contribution in [0.3, 0.4) is 0 Å². The van der Waals surface area contributed by atoms with Crippen LogP contribution < -0.4 is 10.9 Å². The molecule has 6 heteroatoms. The third-order valence-electron chi connectivity index (χ3n) is 4.78. The van der Waals surface area contributed by atoms with Crippen molar-refractivity contribution >= 4 is 16.8 Å². The molecule has 1 heterocycles. The topological polar surface area (TPSA) is 64.0 Å². The van der Waals surface area contributed by atoms with E-state index in [4.69, 9.17) is 0 Å². The molecule has 1 saturated carbocycles. The number of hydrogen-bond donors (Lipinski definition) is 1. The molecule has 5 nitrogen and oxygen atoms in total. The molecule has 132 valence electrons. The molecule has 0 unspecified atom stereocenters. The number of amides is 1. The molecule has 4 rings (SSSR count). The fraction of sp³-hybridized carbons (Fsp3) is 0.250. The van der Waals surface area contributed by atoms with Crippen LogP contribution in [0.25, 0.3) is 10.9 Å². The molecule has 1 fully saturated rings. The average Bonchev–Trinajstić information content (AvgIpc) is 3.37. The lowest BCUT2D eigenvalue weighted by molar-refractivity contribution is -0.121. The zero-order chi connectivity index (χ0) is 18.3. The highest BCUT2D eigenvalue weighted by Crippen LogP contribution is 2.40. The molecule has 0 aliphatic heterocycles. The van der Waals surface area contributed by atoms with Crippen LogP contribution in [0, 0.1) is 12.7 Å². The van der Waals surface area contributed by atoms with Crippen LogP contribution in [0.4, 0.5) is 4.39 Å². The fourth-order valence-electron chi connectivity index (χ4n) is 3.32. The van der Waals surface area contributed by atoms with E-state index in [1.54, 1.807) is 18.2 Å². The largest absolute Gasteiger partial charge is 0.351 e. The first-order valence-corrected chi connectivity index (χ1v) is 8.52. The van der Waals surface area contributed by atoms with E-state index in [2.05, 4.69) is 10.3 Å². The number of benzene rings is 2. The van der Waals surface area contributed by atoms with E-state index < -0.39 is 0 Å². The zero-order valence-corrected chi connectivity index (χ0v) is 14.3. The molecule has 1 N–H and O–H groups in total. The second-order valence-electron chi connectivity index (χ2n) is 6.72. The highest BCUT2D eigenvalue weighted by molar-refractivity contribution is 5.81. The second kappa shape index (κ2) is 6.37. The van der Waals surface area contributed by atoms with Crippen molar-refractivity contribution in [3.63, 3.8) is 0 Å². The predicted octanol–water partition coefficient (Wildman–Crippen LogP) is 2.52. The van der Waals surface area contributed by atoms with E-state index in [-0.39, 0.29) is 35.8 Å². The van der Waals surface area contributed by atoms with Crippen molar-refractivity contribution in [3.05, 3.63) is 76.1 Å². The number of para-hydroxylation sites is 1. The van der Waals surface area contributed by atoms with Crippen LogP contribution in [0.15, 0.2) is 53.6 Å². The van der Waals surface area contributed by atoms with Crippen LogP contribution in [-0.2, 0) is 11.3 Å². The summed E-state index contributed by atoms with van der Waals surface area (Å²) in [6.07, 6.45) is 2.19. The van der Waals surface area contributed by atoms with E-state index in [0.29, 0.717) is 10.9 Å². The van der Waals surface area contributed by atoms with Crippen LogP contribution >= 0.6 is 0 Å². The quantitative estimate of drug-likeness (QED) is 0.786. The number of rotatable bonds is 4. The van der Waals surface area contributed by atoms with Gasteiger partial charge in [-0.05, 0) is 42.7 Å². The van der Waals surface area contributed by atoms with Gasteiger partial charge in [0.15, 0.2) is 0 Å². The zero-order valence-electron chi connectivity index (χ0n) is 14.3. The van der Waals surface area contributed by atoms with Crippen molar-refractivity contribution in [3.8, 4) is 0 Å². The molecule has 3 aromatic rings. The van der Waals surface area contributed by atoms with Crippen molar-refractivity contribution in [2.75, 3.05) is 0 Å². The Bertz CT molecular complexity index is 1060. The maximum atomic E-state index is 13.3. The van der Waals surface area contributed by atoms with Crippen molar-refractivity contribution in [1.29, 1.82) is 0 Å². The monoisotopic (exact) mass is 351 g/mol. The first-order valence-electron chi connectivity index (χ1n) is 8.52. The summed E-state index contributed by atoms with van der Waals surface area (Å²) in [7, 11) is 0. The van der Waals surface area contributed by atoms with Gasteiger partial charge in [-0.3, -0.25) is 14.2 Å². The molecule has 0 bridgehead atoms. The molecule has 0 spiro atoms. The lowest BCUT2D eigenvalue weighted by atomic mass is 10.1. The van der Waals surface area contributed by atoms with E-state index in [1.165, 1.54) is 23.0 Å². The number of halogens is 1. The summed E-state index contributed by atoms with van der Waals surface area (Å²) in [4.78, 5) is 29.1. The third kappa shape index (κ3) is 3.10. The number of fused-ring (bicyclic) bond motifs is 1. The Morgan fingerprint density at radius 1 is 1.31 bits per heavy atom. The summed E-state index contributed by atoms with van der Waals surface area (Å²) < 4.78 is 14.6. The Balaban J connectivity index is 1.45. The van der Waals surface area contributed by atoms with Gasteiger partial charge >= 0.3 is 0 Å². The molecule has 1 amide bonds. The van der Waals surface area contributed by atoms with Gasteiger partial charge in [0.1, 0.15) is 12.4 Å². The van der Waals surface area contributed by atoms with E-state index in [1.807, 2.05) is 19.1 Å². The fourth-order valence-corrected chi connectivity index (χ4v) is 3.32. The van der Waals surface area contributed by atoms with Crippen molar-refractivity contribution in [1.82, 2.24) is 14.9 Å².